The van der Waals surface area contributed by atoms with Gasteiger partial charge < -0.3 is 14.7 Å². The van der Waals surface area contributed by atoms with E-state index >= 15 is 0 Å². The van der Waals surface area contributed by atoms with Gasteiger partial charge in [0.05, 0.1) is 0 Å². The molecule has 1 aliphatic heterocycles. The van der Waals surface area contributed by atoms with E-state index in [9.17, 15) is 9.90 Å². The number of nitrogens with zero attached hydrogens (tertiary/aromatic N) is 2. The highest BCUT2D eigenvalue weighted by Crippen LogP contribution is 2.25. The van der Waals surface area contributed by atoms with Crippen LogP contribution in [-0.2, 0) is 4.74 Å². The highest BCUT2D eigenvalue weighted by molar-refractivity contribution is 5.68. The number of carbonyl (C=O) groups excluding carboxylic acids is 1. The minimum atomic E-state index is -0.461. The average Bonchev–Trinajstić information content (AvgIpc) is 2.52. The SMILES string of the molecule is CC(C)(C)OC(=O)N1CCN(C(CCO)c2ccccc2)CC1. The molecule has 1 unspecified atom stereocenters. The molecule has 0 radical (unpaired) electrons. The fourth-order valence-electron chi connectivity index (χ4n) is 2.90. The predicted molar refractivity (Wildman–Crippen MR) is 90.3 cm³/mol. The maximum atomic E-state index is 12.1. The number of aliphatic hydroxyl groups excluding tert-OH is 1. The smallest absolute Gasteiger partial charge is 0.410 e. The predicted octanol–water partition coefficient (Wildman–Crippen LogP) is 2.66. The first kappa shape index (κ1) is 17.8. The van der Waals surface area contributed by atoms with Gasteiger partial charge in [-0.3, -0.25) is 4.90 Å². The molecule has 1 heterocycles. The van der Waals surface area contributed by atoms with Crippen LogP contribution in [0, 0.1) is 0 Å². The third-order valence-electron chi connectivity index (χ3n) is 3.99. The van der Waals surface area contributed by atoms with Gasteiger partial charge in [-0.1, -0.05) is 30.3 Å². The molecule has 1 N–H and O–H groups in total. The van der Waals surface area contributed by atoms with Crippen molar-refractivity contribution in [1.29, 1.82) is 0 Å². The fourth-order valence-corrected chi connectivity index (χ4v) is 2.90. The summed E-state index contributed by atoms with van der Waals surface area (Å²) in [4.78, 5) is 16.2. The number of piperazine rings is 1. The molecule has 1 aliphatic rings. The van der Waals surface area contributed by atoms with Gasteiger partial charge in [0.1, 0.15) is 5.60 Å². The molecule has 0 aliphatic carbocycles. The zero-order valence-corrected chi connectivity index (χ0v) is 14.4. The monoisotopic (exact) mass is 320 g/mol. The number of amides is 1. The maximum Gasteiger partial charge on any atom is 0.410 e. The molecule has 1 saturated heterocycles. The summed E-state index contributed by atoms with van der Waals surface area (Å²) < 4.78 is 5.43. The van der Waals surface area contributed by atoms with Gasteiger partial charge in [0.15, 0.2) is 0 Å². The van der Waals surface area contributed by atoms with Crippen LogP contribution < -0.4 is 0 Å². The zero-order valence-electron chi connectivity index (χ0n) is 14.4. The first-order valence-corrected chi connectivity index (χ1v) is 8.28. The molecule has 5 nitrogen and oxygen atoms in total. The molecule has 0 saturated carbocycles. The lowest BCUT2D eigenvalue weighted by Gasteiger charge is -2.39. The van der Waals surface area contributed by atoms with Gasteiger partial charge in [-0.2, -0.15) is 0 Å². The number of carbonyl (C=O) groups is 1. The van der Waals surface area contributed by atoms with E-state index in [0.717, 1.165) is 13.1 Å². The molecule has 1 aromatic carbocycles. The number of aliphatic hydroxyl groups is 1. The number of hydrogen-bond acceptors (Lipinski definition) is 4. The van der Waals surface area contributed by atoms with Gasteiger partial charge in [0, 0.05) is 38.8 Å². The van der Waals surface area contributed by atoms with E-state index in [1.165, 1.54) is 5.56 Å². The number of ether oxygens (including phenoxy) is 1. The van der Waals surface area contributed by atoms with E-state index in [1.54, 1.807) is 4.90 Å². The van der Waals surface area contributed by atoms with Crippen molar-refractivity contribution < 1.29 is 14.6 Å². The topological polar surface area (TPSA) is 53.0 Å². The molecule has 1 fully saturated rings. The average molecular weight is 320 g/mol. The molecule has 23 heavy (non-hydrogen) atoms. The van der Waals surface area contributed by atoms with E-state index in [0.29, 0.717) is 19.5 Å². The Kier molecular flexibility index (Phi) is 6.02. The Morgan fingerprint density at radius 3 is 2.30 bits per heavy atom. The lowest BCUT2D eigenvalue weighted by Crippen LogP contribution is -2.50. The van der Waals surface area contributed by atoms with Crippen LogP contribution in [0.2, 0.25) is 0 Å². The van der Waals surface area contributed by atoms with Gasteiger partial charge in [0.25, 0.3) is 0 Å². The summed E-state index contributed by atoms with van der Waals surface area (Å²) >= 11 is 0. The van der Waals surface area contributed by atoms with Crippen molar-refractivity contribution in [2.75, 3.05) is 32.8 Å². The van der Waals surface area contributed by atoms with Gasteiger partial charge in [-0.15, -0.1) is 0 Å². The number of benzene rings is 1. The molecular weight excluding hydrogens is 292 g/mol. The zero-order chi connectivity index (χ0) is 16.9. The Labute approximate surface area is 138 Å². The molecule has 1 amide bonds. The van der Waals surface area contributed by atoms with Crippen molar-refractivity contribution in [2.45, 2.75) is 38.8 Å². The van der Waals surface area contributed by atoms with Crippen LogP contribution in [0.5, 0.6) is 0 Å². The standard InChI is InChI=1S/C18H28N2O3/c1-18(2,3)23-17(22)20-12-10-19(11-13-20)16(9-14-21)15-7-5-4-6-8-15/h4-8,16,21H,9-14H2,1-3H3. The summed E-state index contributed by atoms with van der Waals surface area (Å²) in [6, 6.07) is 10.4. The van der Waals surface area contributed by atoms with Gasteiger partial charge in [0.2, 0.25) is 0 Å². The van der Waals surface area contributed by atoms with Crippen LogP contribution >= 0.6 is 0 Å². The van der Waals surface area contributed by atoms with Crippen molar-refractivity contribution in [2.24, 2.45) is 0 Å². The Bertz CT molecular complexity index is 491. The molecule has 128 valence electrons. The summed E-state index contributed by atoms with van der Waals surface area (Å²) in [5, 5.41) is 9.39. The van der Waals surface area contributed by atoms with E-state index in [1.807, 2.05) is 39.0 Å². The largest absolute Gasteiger partial charge is 0.444 e. The lowest BCUT2D eigenvalue weighted by molar-refractivity contribution is 0.00879. The minimum absolute atomic E-state index is 0.159. The van der Waals surface area contributed by atoms with Crippen molar-refractivity contribution in [3.8, 4) is 0 Å². The maximum absolute atomic E-state index is 12.1. The van der Waals surface area contributed by atoms with Crippen LogP contribution in [0.4, 0.5) is 4.79 Å². The summed E-state index contributed by atoms with van der Waals surface area (Å²) in [5.74, 6) is 0. The van der Waals surface area contributed by atoms with Crippen molar-refractivity contribution in [1.82, 2.24) is 9.80 Å². The van der Waals surface area contributed by atoms with E-state index in [4.69, 9.17) is 4.74 Å². The first-order chi connectivity index (χ1) is 10.9. The van der Waals surface area contributed by atoms with Crippen LogP contribution in [-0.4, -0.2) is 59.4 Å². The molecule has 0 aromatic heterocycles. The molecule has 0 bridgehead atoms. The van der Waals surface area contributed by atoms with E-state index in [-0.39, 0.29) is 18.7 Å². The second-order valence-electron chi connectivity index (χ2n) is 6.94. The molecule has 1 aromatic rings. The number of hydrogen-bond donors (Lipinski definition) is 1. The molecule has 0 spiro atoms. The van der Waals surface area contributed by atoms with Gasteiger partial charge in [-0.05, 0) is 32.8 Å². The molecule has 2 rings (SSSR count). The Hall–Kier alpha value is -1.59. The Morgan fingerprint density at radius 2 is 1.78 bits per heavy atom. The van der Waals surface area contributed by atoms with Crippen molar-refractivity contribution >= 4 is 6.09 Å². The molecule has 5 heteroatoms. The summed E-state index contributed by atoms with van der Waals surface area (Å²) in [7, 11) is 0. The van der Waals surface area contributed by atoms with E-state index in [2.05, 4.69) is 17.0 Å². The van der Waals surface area contributed by atoms with Gasteiger partial charge in [-0.25, -0.2) is 4.79 Å². The second kappa shape index (κ2) is 7.79. The first-order valence-electron chi connectivity index (χ1n) is 8.28. The second-order valence-corrected chi connectivity index (χ2v) is 6.94. The van der Waals surface area contributed by atoms with Crippen molar-refractivity contribution in [3.63, 3.8) is 0 Å². The van der Waals surface area contributed by atoms with Crippen LogP contribution in [0.25, 0.3) is 0 Å². The number of rotatable bonds is 4. The van der Waals surface area contributed by atoms with Gasteiger partial charge >= 0.3 is 6.09 Å². The van der Waals surface area contributed by atoms with Crippen LogP contribution in [0.1, 0.15) is 38.8 Å². The lowest BCUT2D eigenvalue weighted by atomic mass is 10.0. The Balaban J connectivity index is 1.95. The highest BCUT2D eigenvalue weighted by atomic mass is 16.6. The van der Waals surface area contributed by atoms with Crippen LogP contribution in [0.3, 0.4) is 0 Å². The minimum Gasteiger partial charge on any atom is -0.444 e. The van der Waals surface area contributed by atoms with Crippen LogP contribution in [0.15, 0.2) is 30.3 Å². The Morgan fingerprint density at radius 1 is 1.17 bits per heavy atom. The third kappa shape index (κ3) is 5.22. The summed E-state index contributed by atoms with van der Waals surface area (Å²) in [6.07, 6.45) is 0.465. The van der Waals surface area contributed by atoms with Crippen molar-refractivity contribution in [3.05, 3.63) is 35.9 Å². The normalized spacial score (nSPS) is 17.8. The molecular formula is C18H28N2O3. The highest BCUT2D eigenvalue weighted by Gasteiger charge is 2.29. The summed E-state index contributed by atoms with van der Waals surface area (Å²) in [5.41, 5.74) is 0.754. The molecule has 1 atom stereocenters. The third-order valence-corrected chi connectivity index (χ3v) is 3.99. The fraction of sp³-hybridized carbons (Fsp3) is 0.611. The quantitative estimate of drug-likeness (QED) is 0.927. The van der Waals surface area contributed by atoms with E-state index < -0.39 is 5.60 Å². The summed E-state index contributed by atoms with van der Waals surface area (Å²) in [6.45, 7) is 8.70.